The van der Waals surface area contributed by atoms with E-state index in [1.54, 1.807) is 24.3 Å². The van der Waals surface area contributed by atoms with Gasteiger partial charge in [-0.15, -0.1) is 0 Å². The fourth-order valence-corrected chi connectivity index (χ4v) is 3.48. The van der Waals surface area contributed by atoms with Crippen LogP contribution in [0.3, 0.4) is 0 Å². The lowest BCUT2D eigenvalue weighted by atomic mass is 9.96. The van der Waals surface area contributed by atoms with Crippen molar-refractivity contribution in [1.82, 2.24) is 0 Å². The molecule has 3 heterocycles. The molecule has 0 bridgehead atoms. The SMILES string of the molecule is O=c1c2c(O)cccc2oc2ccc3c(c12)CC(C1(CO)CO1)O3. The number of rotatable bonds is 2. The molecular weight excluding hydrogens is 312 g/mol. The summed E-state index contributed by atoms with van der Waals surface area (Å²) in [5.41, 5.74) is 0.584. The van der Waals surface area contributed by atoms with Crippen LogP contribution in [0.4, 0.5) is 0 Å². The number of phenolic OH excluding ortho intramolecular Hbond substituents is 1. The van der Waals surface area contributed by atoms with Gasteiger partial charge in [-0.25, -0.2) is 0 Å². The Bertz CT molecular complexity index is 1050. The molecule has 0 aliphatic carbocycles. The number of hydrogen-bond donors (Lipinski definition) is 2. The summed E-state index contributed by atoms with van der Waals surface area (Å²) < 4.78 is 17.1. The third kappa shape index (κ3) is 1.69. The second-order valence-electron chi connectivity index (χ2n) is 6.32. The fourth-order valence-electron chi connectivity index (χ4n) is 3.48. The van der Waals surface area contributed by atoms with Crippen molar-refractivity contribution in [3.63, 3.8) is 0 Å². The van der Waals surface area contributed by atoms with Gasteiger partial charge in [-0.2, -0.15) is 0 Å². The maximum Gasteiger partial charge on any atom is 0.204 e. The molecule has 1 aromatic heterocycles. The highest BCUT2D eigenvalue weighted by molar-refractivity contribution is 5.95. The number of ether oxygens (including phenoxy) is 2. The highest BCUT2D eigenvalue weighted by Crippen LogP contribution is 2.43. The van der Waals surface area contributed by atoms with Gasteiger partial charge in [0.15, 0.2) is 5.60 Å². The topological polar surface area (TPSA) is 92.4 Å². The molecule has 1 saturated heterocycles. The van der Waals surface area contributed by atoms with Crippen LogP contribution in [0.15, 0.2) is 39.5 Å². The van der Waals surface area contributed by atoms with Crippen LogP contribution in [0, 0.1) is 0 Å². The monoisotopic (exact) mass is 326 g/mol. The molecule has 2 aliphatic heterocycles. The number of hydrogen-bond acceptors (Lipinski definition) is 6. The molecule has 5 rings (SSSR count). The molecule has 1 fully saturated rings. The zero-order valence-electron chi connectivity index (χ0n) is 12.6. The van der Waals surface area contributed by atoms with Crippen molar-refractivity contribution < 1.29 is 24.1 Å². The van der Waals surface area contributed by atoms with Gasteiger partial charge >= 0.3 is 0 Å². The molecule has 2 N–H and O–H groups in total. The Morgan fingerprint density at radius 2 is 1.96 bits per heavy atom. The van der Waals surface area contributed by atoms with Crippen LogP contribution in [-0.4, -0.2) is 35.1 Å². The van der Waals surface area contributed by atoms with Gasteiger partial charge in [-0.1, -0.05) is 6.07 Å². The van der Waals surface area contributed by atoms with E-state index in [1.165, 1.54) is 6.07 Å². The van der Waals surface area contributed by atoms with Gasteiger partial charge in [0.1, 0.15) is 34.2 Å². The van der Waals surface area contributed by atoms with E-state index in [-0.39, 0.29) is 29.3 Å². The molecule has 6 heteroatoms. The van der Waals surface area contributed by atoms with E-state index in [2.05, 4.69) is 0 Å². The van der Waals surface area contributed by atoms with Gasteiger partial charge in [-0.05, 0) is 24.3 Å². The molecule has 2 atom stereocenters. The number of aliphatic hydroxyl groups excluding tert-OH is 1. The van der Waals surface area contributed by atoms with Crippen LogP contribution in [0.2, 0.25) is 0 Å². The Kier molecular flexibility index (Phi) is 2.59. The Hall–Kier alpha value is -2.57. The zero-order chi connectivity index (χ0) is 16.5. The summed E-state index contributed by atoms with van der Waals surface area (Å²) in [6.45, 7) is 0.320. The van der Waals surface area contributed by atoms with Crippen molar-refractivity contribution in [3.8, 4) is 11.5 Å². The Morgan fingerprint density at radius 3 is 2.71 bits per heavy atom. The minimum absolute atomic E-state index is 0.103. The van der Waals surface area contributed by atoms with E-state index in [1.807, 2.05) is 0 Å². The molecule has 122 valence electrons. The van der Waals surface area contributed by atoms with Crippen LogP contribution in [0.25, 0.3) is 21.9 Å². The normalized spacial score (nSPS) is 25.0. The highest BCUT2D eigenvalue weighted by Gasteiger charge is 2.55. The van der Waals surface area contributed by atoms with Crippen molar-refractivity contribution in [2.24, 2.45) is 0 Å². The molecule has 2 aliphatic rings. The standard InChI is InChI=1S/C18H14O6/c19-7-18(8-22-18)14-6-9-11(24-14)4-5-13-15(9)17(21)16-10(20)2-1-3-12(16)23-13/h1-5,14,19-20H,6-8H2. The summed E-state index contributed by atoms with van der Waals surface area (Å²) in [6.07, 6.45) is 0.124. The lowest BCUT2D eigenvalue weighted by molar-refractivity contribution is 0.0665. The van der Waals surface area contributed by atoms with Crippen LogP contribution < -0.4 is 10.2 Å². The third-order valence-corrected chi connectivity index (χ3v) is 4.94. The minimum Gasteiger partial charge on any atom is -0.507 e. The van der Waals surface area contributed by atoms with E-state index in [0.717, 1.165) is 5.56 Å². The van der Waals surface area contributed by atoms with Crippen LogP contribution in [0.1, 0.15) is 5.56 Å². The number of aliphatic hydroxyl groups is 1. The lowest BCUT2D eigenvalue weighted by Crippen LogP contribution is -2.37. The molecule has 0 saturated carbocycles. The average molecular weight is 326 g/mol. The predicted molar refractivity (Wildman–Crippen MR) is 85.5 cm³/mol. The minimum atomic E-state index is -0.676. The average Bonchev–Trinajstić information content (AvgIpc) is 3.26. The largest absolute Gasteiger partial charge is 0.507 e. The molecule has 24 heavy (non-hydrogen) atoms. The third-order valence-electron chi connectivity index (χ3n) is 4.94. The first-order valence-corrected chi connectivity index (χ1v) is 7.75. The first kappa shape index (κ1) is 13.8. The van der Waals surface area contributed by atoms with Gasteiger partial charge in [0.05, 0.1) is 18.6 Å². The van der Waals surface area contributed by atoms with Crippen molar-refractivity contribution in [2.75, 3.05) is 13.2 Å². The smallest absolute Gasteiger partial charge is 0.204 e. The Balaban J connectivity index is 1.77. The number of epoxide rings is 1. The van der Waals surface area contributed by atoms with E-state index >= 15 is 0 Å². The van der Waals surface area contributed by atoms with E-state index in [4.69, 9.17) is 13.9 Å². The van der Waals surface area contributed by atoms with Crippen LogP contribution >= 0.6 is 0 Å². The number of phenols is 1. The number of benzene rings is 2. The molecular formula is C18H14O6. The van der Waals surface area contributed by atoms with Crippen LogP contribution in [-0.2, 0) is 11.2 Å². The lowest BCUT2D eigenvalue weighted by Gasteiger charge is -2.16. The van der Waals surface area contributed by atoms with Gasteiger partial charge in [0, 0.05) is 12.0 Å². The summed E-state index contributed by atoms with van der Waals surface area (Å²) in [4.78, 5) is 13.0. The highest BCUT2D eigenvalue weighted by atomic mass is 16.6. The van der Waals surface area contributed by atoms with E-state index < -0.39 is 5.60 Å². The molecule has 6 nitrogen and oxygen atoms in total. The van der Waals surface area contributed by atoms with E-state index in [0.29, 0.717) is 35.3 Å². The quantitative estimate of drug-likeness (QED) is 0.550. The van der Waals surface area contributed by atoms with Gasteiger partial charge in [0.25, 0.3) is 0 Å². The maximum absolute atomic E-state index is 13.0. The zero-order valence-corrected chi connectivity index (χ0v) is 12.6. The molecule has 0 spiro atoms. The van der Waals surface area contributed by atoms with Crippen molar-refractivity contribution in [1.29, 1.82) is 0 Å². The summed E-state index contributed by atoms with van der Waals surface area (Å²) in [5.74, 6) is 0.492. The second-order valence-corrected chi connectivity index (χ2v) is 6.32. The first-order valence-electron chi connectivity index (χ1n) is 7.75. The van der Waals surface area contributed by atoms with Crippen molar-refractivity contribution in [2.45, 2.75) is 18.1 Å². The number of aromatic hydroxyl groups is 1. The fraction of sp³-hybridized carbons (Fsp3) is 0.278. The summed E-state index contributed by atoms with van der Waals surface area (Å²) >= 11 is 0. The summed E-state index contributed by atoms with van der Waals surface area (Å²) in [6, 6.07) is 8.21. The van der Waals surface area contributed by atoms with Gasteiger partial charge in [-0.3, -0.25) is 4.79 Å². The van der Waals surface area contributed by atoms with Crippen molar-refractivity contribution >= 4 is 21.9 Å². The first-order chi connectivity index (χ1) is 11.6. The number of fused-ring (bicyclic) bond motifs is 4. The van der Waals surface area contributed by atoms with Crippen LogP contribution in [0.5, 0.6) is 11.5 Å². The molecule has 0 amide bonds. The van der Waals surface area contributed by atoms with E-state index in [9.17, 15) is 15.0 Å². The summed E-state index contributed by atoms with van der Waals surface area (Å²) in [7, 11) is 0. The Morgan fingerprint density at radius 1 is 1.17 bits per heavy atom. The predicted octanol–water partition coefficient (Wildman–Crippen LogP) is 1.72. The molecule has 3 aromatic rings. The summed E-state index contributed by atoms with van der Waals surface area (Å²) in [5, 5.41) is 20.2. The second kappa shape index (κ2) is 4.49. The molecule has 0 radical (unpaired) electrons. The van der Waals surface area contributed by atoms with Gasteiger partial charge < -0.3 is 24.1 Å². The Labute approximate surface area is 135 Å². The molecule has 2 aromatic carbocycles. The molecule has 2 unspecified atom stereocenters. The van der Waals surface area contributed by atoms with Gasteiger partial charge in [0.2, 0.25) is 5.43 Å². The van der Waals surface area contributed by atoms with Crippen molar-refractivity contribution in [3.05, 3.63) is 46.1 Å². The maximum atomic E-state index is 13.0.